The Hall–Kier alpha value is -1.18. The lowest BCUT2D eigenvalue weighted by Gasteiger charge is -2.04. The molecular weight excluding hydrogens is 150 g/mol. The predicted octanol–water partition coefficient (Wildman–Crippen LogP) is 2.41. The van der Waals surface area contributed by atoms with Crippen molar-refractivity contribution in [2.75, 3.05) is 0 Å². The molecule has 0 N–H and O–H groups in total. The van der Waals surface area contributed by atoms with Crippen molar-refractivity contribution < 1.29 is 4.79 Å². The van der Waals surface area contributed by atoms with Gasteiger partial charge in [0.15, 0.2) is 5.78 Å². The van der Waals surface area contributed by atoms with Gasteiger partial charge in [-0.2, -0.15) is 0 Å². The molecule has 64 valence electrons. The van der Waals surface area contributed by atoms with Crippen molar-refractivity contribution in [1.82, 2.24) is 4.98 Å². The summed E-state index contributed by atoms with van der Waals surface area (Å²) in [6, 6.07) is 5.56. The summed E-state index contributed by atoms with van der Waals surface area (Å²) in [6.07, 6.45) is 0. The van der Waals surface area contributed by atoms with Crippen LogP contribution in [0, 0.1) is 0 Å². The Morgan fingerprint density at radius 1 is 1.42 bits per heavy atom. The first-order chi connectivity index (χ1) is 5.61. The number of carbonyl (C=O) groups is 1. The molecule has 0 amide bonds. The fourth-order valence-electron chi connectivity index (χ4n) is 0.969. The average Bonchev–Trinajstić information content (AvgIpc) is 2.04. The van der Waals surface area contributed by atoms with E-state index in [0.29, 0.717) is 11.6 Å². The van der Waals surface area contributed by atoms with E-state index in [0.717, 1.165) is 5.69 Å². The number of hydrogen-bond acceptors (Lipinski definition) is 2. The maximum absolute atomic E-state index is 11.0. The van der Waals surface area contributed by atoms with Gasteiger partial charge >= 0.3 is 0 Å². The van der Waals surface area contributed by atoms with Crippen molar-refractivity contribution in [2.24, 2.45) is 0 Å². The lowest BCUT2D eigenvalue weighted by atomic mass is 10.1. The Morgan fingerprint density at radius 2 is 2.08 bits per heavy atom. The molecule has 0 aromatic carbocycles. The third-order valence-electron chi connectivity index (χ3n) is 1.72. The molecule has 0 radical (unpaired) electrons. The second kappa shape index (κ2) is 3.48. The van der Waals surface area contributed by atoms with Gasteiger partial charge in [-0.3, -0.25) is 4.79 Å². The van der Waals surface area contributed by atoms with Gasteiger partial charge in [-0.25, -0.2) is 4.98 Å². The van der Waals surface area contributed by atoms with Crippen LogP contribution in [0.25, 0.3) is 0 Å². The largest absolute Gasteiger partial charge is 0.293 e. The summed E-state index contributed by atoms with van der Waals surface area (Å²) in [7, 11) is 0. The first-order valence-electron chi connectivity index (χ1n) is 4.09. The Bertz CT molecular complexity index is 292. The second-order valence-electron chi connectivity index (χ2n) is 3.16. The molecule has 12 heavy (non-hydrogen) atoms. The number of rotatable bonds is 2. The second-order valence-corrected chi connectivity index (χ2v) is 3.16. The van der Waals surface area contributed by atoms with Crippen LogP contribution in [0.15, 0.2) is 18.2 Å². The smallest absolute Gasteiger partial charge is 0.178 e. The van der Waals surface area contributed by atoms with Crippen molar-refractivity contribution in [3.8, 4) is 0 Å². The number of ketones is 1. The van der Waals surface area contributed by atoms with Crippen LogP contribution in [-0.2, 0) is 0 Å². The summed E-state index contributed by atoms with van der Waals surface area (Å²) in [5.41, 5.74) is 1.53. The Balaban J connectivity index is 3.04. The highest BCUT2D eigenvalue weighted by molar-refractivity contribution is 5.92. The van der Waals surface area contributed by atoms with Crippen molar-refractivity contribution >= 4 is 5.78 Å². The minimum absolute atomic E-state index is 0.0255. The number of nitrogens with zero attached hydrogens (tertiary/aromatic N) is 1. The highest BCUT2D eigenvalue weighted by atomic mass is 16.1. The first kappa shape index (κ1) is 8.91. The van der Waals surface area contributed by atoms with Crippen LogP contribution in [0.3, 0.4) is 0 Å². The Labute approximate surface area is 72.6 Å². The maximum Gasteiger partial charge on any atom is 0.178 e. The summed E-state index contributed by atoms with van der Waals surface area (Å²) in [5, 5.41) is 0. The maximum atomic E-state index is 11.0. The lowest BCUT2D eigenvalue weighted by molar-refractivity contribution is 0.101. The molecule has 0 saturated heterocycles. The average molecular weight is 163 g/mol. The molecule has 1 heterocycles. The number of Topliss-reactive ketones (excluding diaryl/α,β-unsaturated/α-hetero) is 1. The summed E-state index contributed by atoms with van der Waals surface area (Å²) in [6.45, 7) is 5.66. The monoisotopic (exact) mass is 163 g/mol. The molecule has 0 atom stereocenters. The molecule has 0 fully saturated rings. The van der Waals surface area contributed by atoms with E-state index in [1.54, 1.807) is 6.07 Å². The van der Waals surface area contributed by atoms with Crippen LogP contribution >= 0.6 is 0 Å². The summed E-state index contributed by atoms with van der Waals surface area (Å²) >= 11 is 0. The van der Waals surface area contributed by atoms with Gasteiger partial charge in [0, 0.05) is 12.6 Å². The zero-order valence-corrected chi connectivity index (χ0v) is 7.66. The molecule has 0 unspecified atom stereocenters. The van der Waals surface area contributed by atoms with E-state index in [9.17, 15) is 4.79 Å². The summed E-state index contributed by atoms with van der Waals surface area (Å²) in [4.78, 5) is 15.2. The van der Waals surface area contributed by atoms with Gasteiger partial charge in [0.2, 0.25) is 0 Å². The van der Waals surface area contributed by atoms with E-state index < -0.39 is 0 Å². The minimum atomic E-state index is 0.0255. The van der Waals surface area contributed by atoms with E-state index in [1.807, 2.05) is 12.1 Å². The van der Waals surface area contributed by atoms with Gasteiger partial charge < -0.3 is 0 Å². The molecule has 0 spiro atoms. The first-order valence-corrected chi connectivity index (χ1v) is 4.09. The summed E-state index contributed by atoms with van der Waals surface area (Å²) < 4.78 is 0. The highest BCUT2D eigenvalue weighted by Crippen LogP contribution is 2.11. The number of pyridine rings is 1. The Kier molecular flexibility index (Phi) is 2.58. The molecule has 1 aromatic rings. The van der Waals surface area contributed by atoms with Crippen LogP contribution in [0.1, 0.15) is 42.9 Å². The van der Waals surface area contributed by atoms with Gasteiger partial charge in [0.05, 0.1) is 0 Å². The van der Waals surface area contributed by atoms with E-state index in [-0.39, 0.29) is 5.78 Å². The van der Waals surface area contributed by atoms with E-state index in [2.05, 4.69) is 18.8 Å². The number of hydrogen-bond donors (Lipinski definition) is 0. The molecule has 0 saturated carbocycles. The minimum Gasteiger partial charge on any atom is -0.293 e. The molecule has 0 aliphatic rings. The molecule has 1 rings (SSSR count). The zero-order valence-electron chi connectivity index (χ0n) is 7.66. The van der Waals surface area contributed by atoms with Gasteiger partial charge in [-0.05, 0) is 18.1 Å². The van der Waals surface area contributed by atoms with Crippen LogP contribution in [0.5, 0.6) is 0 Å². The fraction of sp³-hybridized carbons (Fsp3) is 0.400. The topological polar surface area (TPSA) is 30.0 Å². The van der Waals surface area contributed by atoms with Crippen molar-refractivity contribution in [2.45, 2.75) is 26.7 Å². The van der Waals surface area contributed by atoms with Crippen LogP contribution in [0.2, 0.25) is 0 Å². The van der Waals surface area contributed by atoms with Crippen molar-refractivity contribution in [1.29, 1.82) is 0 Å². The highest BCUT2D eigenvalue weighted by Gasteiger charge is 2.04. The SMILES string of the molecule is CC(=O)c1cccc(C(C)C)n1. The number of carbonyl (C=O) groups excluding carboxylic acids is 1. The van der Waals surface area contributed by atoms with Crippen molar-refractivity contribution in [3.05, 3.63) is 29.6 Å². The molecule has 0 aliphatic heterocycles. The fourth-order valence-corrected chi connectivity index (χ4v) is 0.969. The quantitative estimate of drug-likeness (QED) is 0.626. The Morgan fingerprint density at radius 3 is 2.58 bits per heavy atom. The molecule has 0 bridgehead atoms. The lowest BCUT2D eigenvalue weighted by Crippen LogP contribution is -2.00. The van der Waals surface area contributed by atoms with E-state index in [4.69, 9.17) is 0 Å². The molecule has 2 heteroatoms. The van der Waals surface area contributed by atoms with Crippen molar-refractivity contribution in [3.63, 3.8) is 0 Å². The summed E-state index contributed by atoms with van der Waals surface area (Å²) in [5.74, 6) is 0.404. The zero-order chi connectivity index (χ0) is 9.14. The van der Waals surface area contributed by atoms with Crippen LogP contribution < -0.4 is 0 Å². The molecule has 1 aromatic heterocycles. The standard InChI is InChI=1S/C10H13NO/c1-7(2)9-5-4-6-10(11-9)8(3)12/h4-7H,1-3H3. The van der Waals surface area contributed by atoms with Gasteiger partial charge in [-0.15, -0.1) is 0 Å². The van der Waals surface area contributed by atoms with Gasteiger partial charge in [-0.1, -0.05) is 19.9 Å². The predicted molar refractivity (Wildman–Crippen MR) is 48.3 cm³/mol. The van der Waals surface area contributed by atoms with Gasteiger partial charge in [0.25, 0.3) is 0 Å². The third-order valence-corrected chi connectivity index (χ3v) is 1.72. The normalized spacial score (nSPS) is 10.3. The van der Waals surface area contributed by atoms with E-state index >= 15 is 0 Å². The van der Waals surface area contributed by atoms with E-state index in [1.165, 1.54) is 6.92 Å². The molecular formula is C10H13NO. The molecule has 2 nitrogen and oxygen atoms in total. The third kappa shape index (κ3) is 1.91. The molecule has 0 aliphatic carbocycles. The van der Waals surface area contributed by atoms with Gasteiger partial charge in [0.1, 0.15) is 5.69 Å². The number of aromatic nitrogens is 1. The van der Waals surface area contributed by atoms with Crippen LogP contribution in [-0.4, -0.2) is 10.8 Å². The van der Waals surface area contributed by atoms with Crippen LogP contribution in [0.4, 0.5) is 0 Å².